The van der Waals surface area contributed by atoms with Gasteiger partial charge < -0.3 is 24.6 Å². The number of phosphoric acid groups is 1. The van der Waals surface area contributed by atoms with E-state index in [1.807, 2.05) is 0 Å². The molecule has 0 aliphatic heterocycles. The van der Waals surface area contributed by atoms with Gasteiger partial charge in [0.15, 0.2) is 6.10 Å². The largest absolute Gasteiger partial charge is 0.472 e. The van der Waals surface area contributed by atoms with Gasteiger partial charge in [0, 0.05) is 12.8 Å². The van der Waals surface area contributed by atoms with Crippen molar-refractivity contribution in [2.24, 2.45) is 0 Å². The van der Waals surface area contributed by atoms with Gasteiger partial charge in [0.25, 0.3) is 0 Å². The maximum atomic E-state index is 12.6. The molecule has 11 heteroatoms. The highest BCUT2D eigenvalue weighted by atomic mass is 31.2. The molecule has 0 spiro atoms. The number of phosphoric ester groups is 1. The fourth-order valence-corrected chi connectivity index (χ4v) is 6.32. The first-order valence-corrected chi connectivity index (χ1v) is 22.4. The quantitative estimate of drug-likeness (QED) is 0.0238. The van der Waals surface area contributed by atoms with Crippen molar-refractivity contribution in [1.29, 1.82) is 0 Å². The second-order valence-electron chi connectivity index (χ2n) is 14.0. The first kappa shape index (κ1) is 51.2. The number of unbranched alkanes of at least 4 members (excludes halogenated alkanes) is 19. The molecular weight excluding hydrogens is 695 g/mol. The monoisotopic (exact) mass is 773 g/mol. The van der Waals surface area contributed by atoms with E-state index in [1.165, 1.54) is 89.9 Å². The minimum Gasteiger partial charge on any atom is -0.462 e. The zero-order valence-electron chi connectivity index (χ0n) is 33.5. The molecule has 0 aromatic heterocycles. The molecular formula is C42H77O10P. The lowest BCUT2D eigenvalue weighted by atomic mass is 10.0. The third kappa shape index (κ3) is 38.3. The van der Waals surface area contributed by atoms with Crippen molar-refractivity contribution in [2.75, 3.05) is 26.4 Å². The van der Waals surface area contributed by atoms with E-state index in [9.17, 15) is 24.2 Å². The summed E-state index contributed by atoms with van der Waals surface area (Å²) in [6.45, 7) is 2.31. The number of aliphatic hydroxyl groups is 2. The van der Waals surface area contributed by atoms with Crippen LogP contribution in [0.25, 0.3) is 0 Å². The number of aliphatic hydroxyl groups excluding tert-OH is 2. The molecule has 0 rings (SSSR count). The van der Waals surface area contributed by atoms with E-state index < -0.39 is 51.8 Å². The van der Waals surface area contributed by atoms with Crippen LogP contribution in [0.1, 0.15) is 181 Å². The normalized spacial score (nSPS) is 14.3. The van der Waals surface area contributed by atoms with E-state index in [2.05, 4.69) is 54.8 Å². The summed E-state index contributed by atoms with van der Waals surface area (Å²) in [6.07, 6.45) is 38.2. The molecule has 0 aliphatic carbocycles. The zero-order chi connectivity index (χ0) is 39.1. The number of ether oxygens (including phenoxy) is 2. The Morgan fingerprint density at radius 2 is 0.981 bits per heavy atom. The molecule has 0 saturated carbocycles. The lowest BCUT2D eigenvalue weighted by Crippen LogP contribution is -2.29. The van der Waals surface area contributed by atoms with E-state index >= 15 is 0 Å². The molecule has 310 valence electrons. The van der Waals surface area contributed by atoms with Crippen molar-refractivity contribution >= 4 is 19.8 Å². The summed E-state index contributed by atoms with van der Waals surface area (Å²) in [5.41, 5.74) is 0. The maximum Gasteiger partial charge on any atom is 0.472 e. The first-order valence-electron chi connectivity index (χ1n) is 20.9. The Balaban J connectivity index is 4.37. The Morgan fingerprint density at radius 1 is 0.566 bits per heavy atom. The summed E-state index contributed by atoms with van der Waals surface area (Å²) in [5.74, 6) is -0.966. The van der Waals surface area contributed by atoms with Gasteiger partial charge in [-0.05, 0) is 51.4 Å². The molecule has 0 bridgehead atoms. The topological polar surface area (TPSA) is 149 Å². The number of hydrogen-bond donors (Lipinski definition) is 3. The van der Waals surface area contributed by atoms with Gasteiger partial charge in [-0.2, -0.15) is 0 Å². The van der Waals surface area contributed by atoms with E-state index in [0.29, 0.717) is 12.8 Å². The molecule has 1 unspecified atom stereocenters. The van der Waals surface area contributed by atoms with E-state index in [1.54, 1.807) is 0 Å². The first-order chi connectivity index (χ1) is 25.7. The van der Waals surface area contributed by atoms with Crippen LogP contribution in [0.15, 0.2) is 36.5 Å². The van der Waals surface area contributed by atoms with Gasteiger partial charge in [-0.25, -0.2) is 4.57 Å². The van der Waals surface area contributed by atoms with Crippen LogP contribution in [-0.4, -0.2) is 65.7 Å². The van der Waals surface area contributed by atoms with Crippen LogP contribution in [0.3, 0.4) is 0 Å². The highest BCUT2D eigenvalue weighted by Gasteiger charge is 2.27. The summed E-state index contributed by atoms with van der Waals surface area (Å²) < 4.78 is 32.6. The smallest absolute Gasteiger partial charge is 0.462 e. The molecule has 0 aliphatic rings. The Hall–Kier alpha value is -1.81. The second-order valence-corrected chi connectivity index (χ2v) is 15.5. The van der Waals surface area contributed by atoms with Crippen molar-refractivity contribution in [1.82, 2.24) is 0 Å². The fraction of sp³-hybridized carbons (Fsp3) is 0.810. The summed E-state index contributed by atoms with van der Waals surface area (Å²) in [5, 5.41) is 18.3. The average Bonchev–Trinajstić information content (AvgIpc) is 3.14. The lowest BCUT2D eigenvalue weighted by molar-refractivity contribution is -0.161. The van der Waals surface area contributed by atoms with Crippen molar-refractivity contribution in [3.63, 3.8) is 0 Å². The van der Waals surface area contributed by atoms with Crippen LogP contribution in [0.4, 0.5) is 0 Å². The van der Waals surface area contributed by atoms with Gasteiger partial charge in [0.1, 0.15) is 12.7 Å². The summed E-state index contributed by atoms with van der Waals surface area (Å²) in [4.78, 5) is 34.9. The van der Waals surface area contributed by atoms with Gasteiger partial charge in [-0.1, -0.05) is 153 Å². The fourth-order valence-electron chi connectivity index (χ4n) is 5.53. The van der Waals surface area contributed by atoms with E-state index in [-0.39, 0.29) is 19.4 Å². The molecule has 0 saturated heterocycles. The van der Waals surface area contributed by atoms with Crippen molar-refractivity contribution in [3.05, 3.63) is 36.5 Å². The number of allylic oxidation sites excluding steroid dienone is 6. The van der Waals surface area contributed by atoms with Crippen LogP contribution in [0.5, 0.6) is 0 Å². The van der Waals surface area contributed by atoms with Crippen LogP contribution < -0.4 is 0 Å². The summed E-state index contributed by atoms with van der Waals surface area (Å²) in [6, 6.07) is 0. The second kappa shape index (κ2) is 38.5. The van der Waals surface area contributed by atoms with Gasteiger partial charge in [0.2, 0.25) is 0 Å². The Labute approximate surface area is 322 Å². The molecule has 0 heterocycles. The number of carbonyl (C=O) groups excluding carboxylic acids is 2. The van der Waals surface area contributed by atoms with Crippen LogP contribution in [-0.2, 0) is 32.7 Å². The molecule has 3 N–H and O–H groups in total. The molecule has 0 aromatic rings. The van der Waals surface area contributed by atoms with Gasteiger partial charge >= 0.3 is 19.8 Å². The maximum absolute atomic E-state index is 12.6. The molecule has 0 aromatic carbocycles. The Kier molecular flexibility index (Phi) is 37.2. The molecule has 53 heavy (non-hydrogen) atoms. The predicted octanol–water partition coefficient (Wildman–Crippen LogP) is 10.8. The summed E-state index contributed by atoms with van der Waals surface area (Å²) >= 11 is 0. The van der Waals surface area contributed by atoms with Gasteiger partial charge in [-0.3, -0.25) is 18.6 Å². The van der Waals surface area contributed by atoms with E-state index in [0.717, 1.165) is 51.4 Å². The molecule has 0 amide bonds. The minimum absolute atomic E-state index is 0.179. The number of hydrogen-bond acceptors (Lipinski definition) is 9. The van der Waals surface area contributed by atoms with Gasteiger partial charge in [0.05, 0.1) is 19.8 Å². The Morgan fingerprint density at radius 3 is 1.51 bits per heavy atom. The van der Waals surface area contributed by atoms with Crippen molar-refractivity contribution in [3.8, 4) is 0 Å². The third-order valence-electron chi connectivity index (χ3n) is 8.80. The third-order valence-corrected chi connectivity index (χ3v) is 9.75. The average molecular weight is 773 g/mol. The van der Waals surface area contributed by atoms with Crippen LogP contribution >= 0.6 is 7.82 Å². The molecule has 0 fully saturated rings. The zero-order valence-corrected chi connectivity index (χ0v) is 34.4. The SMILES string of the molecule is CCCCC/C=C\C/C=C\C/C=C\CCCCC(=O)OC[C@H](COP(=O)(O)OC[C@@H](O)CO)OC(=O)CCCCCCCCCCCCCCCCC. The Bertz CT molecular complexity index is 983. The molecule has 0 radical (unpaired) electrons. The van der Waals surface area contributed by atoms with Crippen molar-refractivity contribution < 1.29 is 47.8 Å². The summed E-state index contributed by atoms with van der Waals surface area (Å²) in [7, 11) is -4.62. The standard InChI is InChI=1S/C42H77O10P/c1-3-5-7-9-11-13-15-17-19-21-23-25-27-29-31-33-41(45)49-37-40(38-51-53(47,48)50-36-39(44)35-43)52-42(46)34-32-30-28-26-24-22-20-18-16-14-12-10-8-6-4-2/h11,13,17,19,23,25,39-40,43-44H,3-10,12,14-16,18,20-22,24,26-38H2,1-2H3,(H,47,48)/b13-11-,19-17-,25-23-/t39-,40+/m0/s1. The molecule has 10 nitrogen and oxygen atoms in total. The minimum atomic E-state index is -4.62. The number of carbonyl (C=O) groups is 2. The van der Waals surface area contributed by atoms with Crippen LogP contribution in [0.2, 0.25) is 0 Å². The van der Waals surface area contributed by atoms with Crippen molar-refractivity contribution in [2.45, 2.75) is 193 Å². The van der Waals surface area contributed by atoms with Gasteiger partial charge in [-0.15, -0.1) is 0 Å². The highest BCUT2D eigenvalue weighted by molar-refractivity contribution is 7.47. The number of esters is 2. The van der Waals surface area contributed by atoms with Crippen LogP contribution in [0, 0.1) is 0 Å². The lowest BCUT2D eigenvalue weighted by Gasteiger charge is -2.20. The number of rotatable bonds is 39. The molecule has 3 atom stereocenters. The highest BCUT2D eigenvalue weighted by Crippen LogP contribution is 2.43. The predicted molar refractivity (Wildman–Crippen MR) is 214 cm³/mol. The van der Waals surface area contributed by atoms with E-state index in [4.69, 9.17) is 19.1 Å².